The molecule has 126 valence electrons. The quantitative estimate of drug-likeness (QED) is 0.814. The van der Waals surface area contributed by atoms with Crippen molar-refractivity contribution < 1.29 is 18.0 Å². The molecule has 9 heteroatoms. The highest BCUT2D eigenvalue weighted by atomic mass is 35.5. The van der Waals surface area contributed by atoms with Gasteiger partial charge in [-0.15, -0.1) is 0 Å². The highest BCUT2D eigenvalue weighted by Gasteiger charge is 2.36. The third kappa shape index (κ3) is 4.37. The lowest BCUT2D eigenvalue weighted by Gasteiger charge is -2.26. The molecule has 0 spiro atoms. The van der Waals surface area contributed by atoms with Gasteiger partial charge in [0.1, 0.15) is 0 Å². The number of nitrogens with zero attached hydrogens (tertiary/aromatic N) is 1. The van der Waals surface area contributed by atoms with Crippen LogP contribution in [0.4, 0.5) is 5.69 Å². The Hall–Kier alpha value is -1.31. The van der Waals surface area contributed by atoms with Crippen LogP contribution in [0.1, 0.15) is 13.3 Å². The van der Waals surface area contributed by atoms with E-state index in [-0.39, 0.29) is 28.8 Å². The number of sulfone groups is 1. The van der Waals surface area contributed by atoms with Gasteiger partial charge in [-0.3, -0.25) is 9.59 Å². The zero-order chi connectivity index (χ0) is 17.2. The molecule has 1 unspecified atom stereocenters. The molecule has 0 aromatic heterocycles. The average Bonchev–Trinajstić information content (AvgIpc) is 2.83. The molecule has 1 atom stereocenters. The topological polar surface area (TPSA) is 83.6 Å². The summed E-state index contributed by atoms with van der Waals surface area (Å²) in [5, 5.41) is 3.03. The molecule has 1 saturated heterocycles. The number of likely N-dealkylation sites (N-methyl/N-ethyl adjacent to an activating group) is 1. The molecule has 1 aromatic rings. The number of halogens is 2. The molecule has 1 heterocycles. The van der Waals surface area contributed by atoms with Gasteiger partial charge in [0.15, 0.2) is 9.84 Å². The Labute approximate surface area is 144 Å². The Morgan fingerprint density at radius 2 is 2.04 bits per heavy atom. The monoisotopic (exact) mass is 378 g/mol. The maximum Gasteiger partial charge on any atom is 0.313 e. The molecule has 2 amide bonds. The van der Waals surface area contributed by atoms with Crippen LogP contribution in [-0.4, -0.2) is 49.2 Å². The van der Waals surface area contributed by atoms with Gasteiger partial charge >= 0.3 is 11.8 Å². The van der Waals surface area contributed by atoms with Crippen molar-refractivity contribution in [2.45, 2.75) is 19.4 Å². The number of benzene rings is 1. The van der Waals surface area contributed by atoms with E-state index in [0.717, 1.165) is 0 Å². The van der Waals surface area contributed by atoms with Crippen LogP contribution in [0.15, 0.2) is 18.2 Å². The molecular formula is C14H16Cl2N2O4S. The van der Waals surface area contributed by atoms with Crippen molar-refractivity contribution in [3.05, 3.63) is 28.2 Å². The molecule has 1 aromatic carbocycles. The summed E-state index contributed by atoms with van der Waals surface area (Å²) in [5.41, 5.74) is 0.229. The van der Waals surface area contributed by atoms with Gasteiger partial charge in [-0.2, -0.15) is 0 Å². The third-order valence-corrected chi connectivity index (χ3v) is 5.94. The Morgan fingerprint density at radius 1 is 1.35 bits per heavy atom. The second-order valence-corrected chi connectivity index (χ2v) is 8.30. The highest BCUT2D eigenvalue weighted by Crippen LogP contribution is 2.25. The maximum absolute atomic E-state index is 12.3. The lowest BCUT2D eigenvalue weighted by molar-refractivity contribution is -0.144. The van der Waals surface area contributed by atoms with Crippen LogP contribution in [0.3, 0.4) is 0 Å². The van der Waals surface area contributed by atoms with Crippen molar-refractivity contribution in [2.75, 3.05) is 23.4 Å². The predicted octanol–water partition coefficient (Wildman–Crippen LogP) is 1.97. The molecule has 2 rings (SSSR count). The summed E-state index contributed by atoms with van der Waals surface area (Å²) in [7, 11) is -3.15. The Morgan fingerprint density at radius 3 is 2.61 bits per heavy atom. The van der Waals surface area contributed by atoms with Crippen LogP contribution < -0.4 is 5.32 Å². The van der Waals surface area contributed by atoms with Crippen molar-refractivity contribution in [2.24, 2.45) is 0 Å². The molecule has 0 bridgehead atoms. The summed E-state index contributed by atoms with van der Waals surface area (Å²) in [6.07, 6.45) is 0.340. The normalized spacial score (nSPS) is 19.3. The molecule has 1 aliphatic heterocycles. The zero-order valence-corrected chi connectivity index (χ0v) is 14.7. The van der Waals surface area contributed by atoms with Gasteiger partial charge in [-0.1, -0.05) is 23.2 Å². The van der Waals surface area contributed by atoms with Crippen LogP contribution in [0.5, 0.6) is 0 Å². The number of hydrogen-bond acceptors (Lipinski definition) is 4. The fourth-order valence-corrected chi connectivity index (χ4v) is 4.56. The standard InChI is InChI=1S/C14H16Cl2N2O4S/c1-2-18(10-5-6-23(21,22)8-10)14(20)13(19)17-12-7-9(15)3-4-11(12)16/h3-4,7,10H,2,5-6,8H2,1H3,(H,17,19). The van der Waals surface area contributed by atoms with Crippen molar-refractivity contribution in [3.63, 3.8) is 0 Å². The summed E-state index contributed by atoms with van der Waals surface area (Å²) in [5.74, 6) is -1.74. The van der Waals surface area contributed by atoms with Gasteiger partial charge < -0.3 is 10.2 Å². The van der Waals surface area contributed by atoms with Crippen LogP contribution in [-0.2, 0) is 19.4 Å². The number of rotatable bonds is 3. The van der Waals surface area contributed by atoms with Crippen molar-refractivity contribution in [3.8, 4) is 0 Å². The second kappa shape index (κ2) is 7.07. The Bertz CT molecular complexity index is 736. The van der Waals surface area contributed by atoms with E-state index in [2.05, 4.69) is 5.32 Å². The van der Waals surface area contributed by atoms with Crippen molar-refractivity contribution >= 4 is 50.5 Å². The molecule has 0 aliphatic carbocycles. The van der Waals surface area contributed by atoms with Gasteiger partial charge in [0.2, 0.25) is 0 Å². The van der Waals surface area contributed by atoms with Crippen LogP contribution in [0.25, 0.3) is 0 Å². The van der Waals surface area contributed by atoms with E-state index in [1.54, 1.807) is 13.0 Å². The van der Waals surface area contributed by atoms with Crippen molar-refractivity contribution in [1.82, 2.24) is 4.90 Å². The van der Waals surface area contributed by atoms with E-state index in [4.69, 9.17) is 23.2 Å². The molecule has 6 nitrogen and oxygen atoms in total. The first-order chi connectivity index (χ1) is 10.7. The lowest BCUT2D eigenvalue weighted by Crippen LogP contribution is -2.46. The Balaban J connectivity index is 2.11. The minimum absolute atomic E-state index is 0.0309. The number of carbonyl (C=O) groups excluding carboxylic acids is 2. The van der Waals surface area contributed by atoms with E-state index >= 15 is 0 Å². The molecule has 23 heavy (non-hydrogen) atoms. The van der Waals surface area contributed by atoms with E-state index in [0.29, 0.717) is 11.4 Å². The van der Waals surface area contributed by atoms with Gasteiger partial charge in [-0.05, 0) is 31.5 Å². The van der Waals surface area contributed by atoms with Crippen LogP contribution in [0.2, 0.25) is 10.0 Å². The first-order valence-electron chi connectivity index (χ1n) is 7.01. The first kappa shape index (κ1) is 18.0. The maximum atomic E-state index is 12.3. The minimum atomic E-state index is -3.15. The fraction of sp³-hybridized carbons (Fsp3) is 0.429. The lowest BCUT2D eigenvalue weighted by atomic mass is 10.2. The number of anilines is 1. The van der Waals surface area contributed by atoms with Crippen molar-refractivity contribution in [1.29, 1.82) is 0 Å². The summed E-state index contributed by atoms with van der Waals surface area (Å²) in [6.45, 7) is 1.94. The number of carbonyl (C=O) groups is 2. The SMILES string of the molecule is CCN(C(=O)C(=O)Nc1cc(Cl)ccc1Cl)C1CCS(=O)(=O)C1. The molecular weight excluding hydrogens is 363 g/mol. The van der Waals surface area contributed by atoms with Gasteiger partial charge in [0, 0.05) is 17.6 Å². The van der Waals surface area contributed by atoms with E-state index in [1.807, 2.05) is 0 Å². The predicted molar refractivity (Wildman–Crippen MR) is 89.5 cm³/mol. The largest absolute Gasteiger partial charge is 0.331 e. The Kier molecular flexibility index (Phi) is 5.54. The zero-order valence-electron chi connectivity index (χ0n) is 12.4. The molecule has 0 saturated carbocycles. The summed E-state index contributed by atoms with van der Waals surface area (Å²) in [6, 6.07) is 4.03. The summed E-state index contributed by atoms with van der Waals surface area (Å²) in [4.78, 5) is 25.7. The average molecular weight is 379 g/mol. The van der Waals surface area contributed by atoms with E-state index in [1.165, 1.54) is 17.0 Å². The van der Waals surface area contributed by atoms with E-state index in [9.17, 15) is 18.0 Å². The smallest absolute Gasteiger partial charge is 0.313 e. The fourth-order valence-electron chi connectivity index (χ4n) is 2.49. The number of hydrogen-bond donors (Lipinski definition) is 1. The first-order valence-corrected chi connectivity index (χ1v) is 9.58. The number of nitrogens with one attached hydrogen (secondary N) is 1. The van der Waals surface area contributed by atoms with E-state index < -0.39 is 27.7 Å². The summed E-state index contributed by atoms with van der Waals surface area (Å²) >= 11 is 11.8. The van der Waals surface area contributed by atoms with Crippen LogP contribution in [0, 0.1) is 0 Å². The molecule has 1 N–H and O–H groups in total. The molecule has 1 fully saturated rings. The minimum Gasteiger partial charge on any atom is -0.331 e. The third-order valence-electron chi connectivity index (χ3n) is 3.62. The van der Waals surface area contributed by atoms with Gasteiger partial charge in [-0.25, -0.2) is 8.42 Å². The van der Waals surface area contributed by atoms with Crippen LogP contribution >= 0.6 is 23.2 Å². The highest BCUT2D eigenvalue weighted by molar-refractivity contribution is 7.91. The second-order valence-electron chi connectivity index (χ2n) is 5.23. The molecule has 0 radical (unpaired) electrons. The van der Waals surface area contributed by atoms with Gasteiger partial charge in [0.25, 0.3) is 0 Å². The number of amides is 2. The summed E-state index contributed by atoms with van der Waals surface area (Å²) < 4.78 is 23.1. The van der Waals surface area contributed by atoms with Gasteiger partial charge in [0.05, 0.1) is 22.2 Å². The molecule has 1 aliphatic rings.